The van der Waals surface area contributed by atoms with E-state index in [1.807, 2.05) is 24.3 Å². The number of ether oxygens (including phenoxy) is 2. The molecule has 1 aromatic carbocycles. The van der Waals surface area contributed by atoms with Crippen LogP contribution in [0.5, 0.6) is 5.75 Å². The standard InChI is InChI=1S/C13H16ClIO2/c1-2-7-16-13-11(14)8-12(13)17-10-5-3-9(15)4-6-10/h3-6,11-13H,2,7-8H2,1H3. The minimum absolute atomic E-state index is 0.0379. The number of hydrogen-bond acceptors (Lipinski definition) is 2. The van der Waals surface area contributed by atoms with Crippen molar-refractivity contribution in [3.05, 3.63) is 27.8 Å². The normalized spacial score (nSPS) is 27.6. The van der Waals surface area contributed by atoms with E-state index in [1.165, 1.54) is 3.57 Å². The van der Waals surface area contributed by atoms with Gasteiger partial charge in [-0.1, -0.05) is 6.92 Å². The van der Waals surface area contributed by atoms with Crippen molar-refractivity contribution in [2.24, 2.45) is 0 Å². The molecule has 0 N–H and O–H groups in total. The first kappa shape index (κ1) is 13.4. The van der Waals surface area contributed by atoms with Crippen molar-refractivity contribution in [1.82, 2.24) is 0 Å². The van der Waals surface area contributed by atoms with E-state index in [1.54, 1.807) is 0 Å². The molecule has 2 nitrogen and oxygen atoms in total. The van der Waals surface area contributed by atoms with E-state index in [4.69, 9.17) is 21.1 Å². The van der Waals surface area contributed by atoms with Gasteiger partial charge in [0.15, 0.2) is 0 Å². The highest BCUT2D eigenvalue weighted by Crippen LogP contribution is 2.33. The zero-order chi connectivity index (χ0) is 12.3. The summed E-state index contributed by atoms with van der Waals surface area (Å²) >= 11 is 8.41. The lowest BCUT2D eigenvalue weighted by Gasteiger charge is -2.40. The molecule has 2 rings (SSSR count). The molecule has 0 saturated heterocycles. The van der Waals surface area contributed by atoms with E-state index in [2.05, 4.69) is 29.5 Å². The van der Waals surface area contributed by atoms with Gasteiger partial charge in [-0.05, 0) is 53.3 Å². The third kappa shape index (κ3) is 3.48. The Kier molecular flexibility index (Phi) is 4.94. The fourth-order valence-electron chi connectivity index (χ4n) is 1.80. The number of alkyl halides is 1. The first-order chi connectivity index (χ1) is 8.20. The van der Waals surface area contributed by atoms with Gasteiger partial charge in [0.05, 0.1) is 5.38 Å². The molecule has 1 aliphatic rings. The van der Waals surface area contributed by atoms with E-state index >= 15 is 0 Å². The van der Waals surface area contributed by atoms with Crippen molar-refractivity contribution in [2.45, 2.75) is 37.4 Å². The topological polar surface area (TPSA) is 18.5 Å². The minimum Gasteiger partial charge on any atom is -0.488 e. The summed E-state index contributed by atoms with van der Waals surface area (Å²) in [4.78, 5) is 0. The molecule has 94 valence electrons. The Balaban J connectivity index is 1.88. The Morgan fingerprint density at radius 1 is 1.35 bits per heavy atom. The van der Waals surface area contributed by atoms with Gasteiger partial charge in [0.25, 0.3) is 0 Å². The van der Waals surface area contributed by atoms with Crippen LogP contribution in [0.1, 0.15) is 19.8 Å². The van der Waals surface area contributed by atoms with Gasteiger partial charge in [0.2, 0.25) is 0 Å². The van der Waals surface area contributed by atoms with Crippen LogP contribution in [0.25, 0.3) is 0 Å². The van der Waals surface area contributed by atoms with Crippen LogP contribution in [0.4, 0.5) is 0 Å². The molecule has 3 unspecified atom stereocenters. The van der Waals surface area contributed by atoms with Gasteiger partial charge in [0.1, 0.15) is 18.0 Å². The predicted molar refractivity (Wildman–Crippen MR) is 77.9 cm³/mol. The van der Waals surface area contributed by atoms with E-state index in [9.17, 15) is 0 Å². The van der Waals surface area contributed by atoms with Gasteiger partial charge in [-0.15, -0.1) is 11.6 Å². The maximum Gasteiger partial charge on any atom is 0.128 e. The summed E-state index contributed by atoms with van der Waals surface area (Å²) in [5, 5.41) is 0.0930. The van der Waals surface area contributed by atoms with Gasteiger partial charge >= 0.3 is 0 Å². The Hall–Kier alpha value is -0.000000000000000111. The van der Waals surface area contributed by atoms with Crippen molar-refractivity contribution in [3.8, 4) is 5.75 Å². The Morgan fingerprint density at radius 2 is 2.06 bits per heavy atom. The van der Waals surface area contributed by atoms with E-state index in [0.29, 0.717) is 0 Å². The summed E-state index contributed by atoms with van der Waals surface area (Å²) in [6.45, 7) is 2.84. The van der Waals surface area contributed by atoms with Crippen molar-refractivity contribution in [2.75, 3.05) is 6.61 Å². The van der Waals surface area contributed by atoms with Crippen LogP contribution in [0.3, 0.4) is 0 Å². The molecule has 4 heteroatoms. The lowest BCUT2D eigenvalue weighted by atomic mass is 9.91. The first-order valence-corrected chi connectivity index (χ1v) is 7.40. The molecule has 1 saturated carbocycles. The predicted octanol–water partition coefficient (Wildman–Crippen LogP) is 3.84. The lowest BCUT2D eigenvalue weighted by molar-refractivity contribution is -0.0797. The van der Waals surface area contributed by atoms with Gasteiger partial charge in [-0.2, -0.15) is 0 Å². The first-order valence-electron chi connectivity index (χ1n) is 5.88. The van der Waals surface area contributed by atoms with Gasteiger partial charge in [-0.3, -0.25) is 0 Å². The Labute approximate surface area is 121 Å². The number of rotatable bonds is 5. The average Bonchev–Trinajstić information content (AvgIpc) is 2.31. The van der Waals surface area contributed by atoms with Crippen LogP contribution in [-0.2, 0) is 4.74 Å². The molecule has 0 aliphatic heterocycles. The smallest absolute Gasteiger partial charge is 0.128 e. The SMILES string of the molecule is CCCOC1C(Cl)CC1Oc1ccc(I)cc1. The summed E-state index contributed by atoms with van der Waals surface area (Å²) in [5.41, 5.74) is 0. The fourth-order valence-corrected chi connectivity index (χ4v) is 2.57. The molecular formula is C13H16ClIO2. The largest absolute Gasteiger partial charge is 0.488 e. The highest BCUT2D eigenvalue weighted by atomic mass is 127. The molecule has 1 aliphatic carbocycles. The lowest BCUT2D eigenvalue weighted by Crippen LogP contribution is -2.52. The van der Waals surface area contributed by atoms with Gasteiger partial charge < -0.3 is 9.47 Å². The second-order valence-corrected chi connectivity index (χ2v) is 6.00. The number of halogens is 2. The summed E-state index contributed by atoms with van der Waals surface area (Å²) in [7, 11) is 0. The molecule has 0 radical (unpaired) electrons. The highest BCUT2D eigenvalue weighted by molar-refractivity contribution is 14.1. The van der Waals surface area contributed by atoms with Crippen molar-refractivity contribution < 1.29 is 9.47 Å². The second-order valence-electron chi connectivity index (χ2n) is 4.20. The zero-order valence-electron chi connectivity index (χ0n) is 9.74. The van der Waals surface area contributed by atoms with Crippen LogP contribution in [0.2, 0.25) is 0 Å². The summed E-state index contributed by atoms with van der Waals surface area (Å²) < 4.78 is 12.8. The van der Waals surface area contributed by atoms with Gasteiger partial charge in [0, 0.05) is 16.6 Å². The van der Waals surface area contributed by atoms with Gasteiger partial charge in [-0.25, -0.2) is 0 Å². The quantitative estimate of drug-likeness (QED) is 0.582. The zero-order valence-corrected chi connectivity index (χ0v) is 12.6. The van der Waals surface area contributed by atoms with Crippen LogP contribution in [-0.4, -0.2) is 24.2 Å². The number of benzene rings is 1. The molecule has 1 fully saturated rings. The van der Waals surface area contributed by atoms with Crippen molar-refractivity contribution in [1.29, 1.82) is 0 Å². The summed E-state index contributed by atoms with van der Waals surface area (Å²) in [5.74, 6) is 0.893. The van der Waals surface area contributed by atoms with Crippen molar-refractivity contribution in [3.63, 3.8) is 0 Å². The Bertz CT molecular complexity index is 355. The fraction of sp³-hybridized carbons (Fsp3) is 0.538. The third-order valence-electron chi connectivity index (χ3n) is 2.80. The molecule has 3 atom stereocenters. The van der Waals surface area contributed by atoms with Crippen LogP contribution >= 0.6 is 34.2 Å². The number of hydrogen-bond donors (Lipinski definition) is 0. The maximum atomic E-state index is 6.13. The minimum atomic E-state index is 0.0379. The molecule has 0 spiro atoms. The average molecular weight is 367 g/mol. The molecule has 1 aromatic rings. The monoisotopic (exact) mass is 366 g/mol. The van der Waals surface area contributed by atoms with Crippen LogP contribution in [0.15, 0.2) is 24.3 Å². The van der Waals surface area contributed by atoms with Crippen molar-refractivity contribution >= 4 is 34.2 Å². The highest BCUT2D eigenvalue weighted by Gasteiger charge is 2.42. The Morgan fingerprint density at radius 3 is 2.65 bits per heavy atom. The second kappa shape index (κ2) is 6.25. The van der Waals surface area contributed by atoms with Crippen LogP contribution < -0.4 is 4.74 Å². The molecule has 0 heterocycles. The molecule has 17 heavy (non-hydrogen) atoms. The van der Waals surface area contributed by atoms with Crippen LogP contribution in [0, 0.1) is 3.57 Å². The molecule has 0 bridgehead atoms. The van der Waals surface area contributed by atoms with E-state index < -0.39 is 0 Å². The van der Waals surface area contributed by atoms with E-state index in [-0.39, 0.29) is 17.6 Å². The summed E-state index contributed by atoms with van der Waals surface area (Å²) in [6.07, 6.45) is 2.01. The molecule has 0 amide bonds. The van der Waals surface area contributed by atoms with E-state index in [0.717, 1.165) is 25.2 Å². The summed E-state index contributed by atoms with van der Waals surface area (Å²) in [6, 6.07) is 8.05. The maximum absolute atomic E-state index is 6.13. The molecule has 0 aromatic heterocycles. The molecular weight excluding hydrogens is 350 g/mol. The third-order valence-corrected chi connectivity index (χ3v) is 3.94.